The van der Waals surface area contributed by atoms with Gasteiger partial charge in [-0.2, -0.15) is 0 Å². The normalized spacial score (nSPS) is 19.6. The van der Waals surface area contributed by atoms with Crippen molar-refractivity contribution in [1.82, 2.24) is 5.16 Å². The molecule has 1 aliphatic rings. The van der Waals surface area contributed by atoms with Crippen molar-refractivity contribution in [2.75, 3.05) is 13.7 Å². The molecule has 3 aromatic rings. The van der Waals surface area contributed by atoms with Crippen LogP contribution in [0, 0.1) is 6.92 Å². The van der Waals surface area contributed by atoms with Crippen LogP contribution in [-0.2, 0) is 9.47 Å². The Bertz CT molecular complexity index is 972. The Labute approximate surface area is 175 Å². The Morgan fingerprint density at radius 1 is 1.07 bits per heavy atom. The van der Waals surface area contributed by atoms with E-state index in [0.717, 1.165) is 22.6 Å². The molecule has 29 heavy (non-hydrogen) atoms. The number of aryl methyl sites for hydroxylation is 1. The molecule has 1 aliphatic heterocycles. The van der Waals surface area contributed by atoms with Gasteiger partial charge in [-0.05, 0) is 31.5 Å². The molecule has 0 unspecified atom stereocenters. The van der Waals surface area contributed by atoms with Gasteiger partial charge in [0.1, 0.15) is 11.6 Å². The second-order valence-electron chi connectivity index (χ2n) is 6.99. The largest absolute Gasteiger partial charge is 0.467 e. The predicted molar refractivity (Wildman–Crippen MR) is 114 cm³/mol. The minimum atomic E-state index is -0.189. The molecule has 4 rings (SSSR count). The Hall–Kier alpha value is -2.57. The smallest absolute Gasteiger partial charge is 0.222 e. The maximum atomic E-state index is 6.34. The summed E-state index contributed by atoms with van der Waals surface area (Å²) in [5, 5.41) is 4.28. The monoisotopic (exact) mass is 408 g/mol. The van der Waals surface area contributed by atoms with Crippen molar-refractivity contribution in [3.63, 3.8) is 0 Å². The third kappa shape index (κ3) is 4.23. The number of hydrogen-bond donors (Lipinski definition) is 0. The molecule has 0 spiro atoms. The fraction of sp³-hybridized carbons (Fsp3) is 0.304. The van der Waals surface area contributed by atoms with E-state index in [1.54, 1.807) is 18.9 Å². The summed E-state index contributed by atoms with van der Waals surface area (Å²) in [7, 11) is 1.68. The lowest BCUT2D eigenvalue weighted by molar-refractivity contribution is 0.120. The van der Waals surface area contributed by atoms with Gasteiger partial charge in [0.15, 0.2) is 11.9 Å². The van der Waals surface area contributed by atoms with Gasteiger partial charge < -0.3 is 14.0 Å². The first-order valence-electron chi connectivity index (χ1n) is 9.64. The molecule has 5 nitrogen and oxygen atoms in total. The van der Waals surface area contributed by atoms with E-state index in [1.807, 2.05) is 43.3 Å². The minimum absolute atomic E-state index is 0.0663. The zero-order valence-electron chi connectivity index (χ0n) is 16.7. The van der Waals surface area contributed by atoms with Crippen LogP contribution < -0.4 is 0 Å². The summed E-state index contributed by atoms with van der Waals surface area (Å²) in [6, 6.07) is 20.3. The Balaban J connectivity index is 1.63. The van der Waals surface area contributed by atoms with Gasteiger partial charge in [0.2, 0.25) is 5.90 Å². The molecule has 6 heteroatoms. The van der Waals surface area contributed by atoms with Crippen molar-refractivity contribution in [2.24, 2.45) is 4.99 Å². The summed E-state index contributed by atoms with van der Waals surface area (Å²) in [5.74, 6) is 1.36. The molecule has 0 bridgehead atoms. The number of rotatable bonds is 7. The number of hydrogen-bond acceptors (Lipinski definition) is 6. The van der Waals surface area contributed by atoms with Crippen molar-refractivity contribution in [3.05, 3.63) is 83.2 Å². The second kappa shape index (κ2) is 8.84. The van der Waals surface area contributed by atoms with Crippen LogP contribution in [-0.4, -0.2) is 30.8 Å². The second-order valence-corrected chi connectivity index (χ2v) is 8.40. The van der Waals surface area contributed by atoms with E-state index in [1.165, 1.54) is 4.90 Å². The Morgan fingerprint density at radius 3 is 2.45 bits per heavy atom. The molecule has 2 heterocycles. The SMILES string of the molecule is COC[C@@H]1N=C(c2c(C)noc2[C@H](C)Sc2ccccc2)O[C@H]1c1ccccc1. The number of benzene rings is 2. The van der Waals surface area contributed by atoms with E-state index in [0.29, 0.717) is 12.5 Å². The van der Waals surface area contributed by atoms with Crippen molar-refractivity contribution >= 4 is 17.7 Å². The van der Waals surface area contributed by atoms with Crippen molar-refractivity contribution in [1.29, 1.82) is 0 Å². The molecule has 2 aromatic carbocycles. The first-order chi connectivity index (χ1) is 14.2. The molecule has 0 amide bonds. The van der Waals surface area contributed by atoms with Gasteiger partial charge in [0, 0.05) is 12.0 Å². The number of methoxy groups -OCH3 is 1. The van der Waals surface area contributed by atoms with Gasteiger partial charge in [-0.25, -0.2) is 4.99 Å². The number of aliphatic imine (C=N–C) groups is 1. The lowest BCUT2D eigenvalue weighted by atomic mass is 10.0. The highest BCUT2D eigenvalue weighted by Gasteiger charge is 2.36. The highest BCUT2D eigenvalue weighted by atomic mass is 32.2. The molecule has 0 aliphatic carbocycles. The number of ether oxygens (including phenoxy) is 2. The zero-order chi connectivity index (χ0) is 20.2. The maximum Gasteiger partial charge on any atom is 0.222 e. The summed E-state index contributed by atoms with van der Waals surface area (Å²) < 4.78 is 17.5. The van der Waals surface area contributed by atoms with Gasteiger partial charge in [-0.3, -0.25) is 0 Å². The van der Waals surface area contributed by atoms with Gasteiger partial charge in [0.25, 0.3) is 0 Å². The van der Waals surface area contributed by atoms with Crippen LogP contribution in [0.4, 0.5) is 0 Å². The minimum Gasteiger partial charge on any atom is -0.467 e. The summed E-state index contributed by atoms with van der Waals surface area (Å²) in [5.41, 5.74) is 2.71. The number of thioether (sulfide) groups is 1. The van der Waals surface area contributed by atoms with Crippen LogP contribution in [0.2, 0.25) is 0 Å². The lowest BCUT2D eigenvalue weighted by Crippen LogP contribution is -2.19. The van der Waals surface area contributed by atoms with Gasteiger partial charge in [-0.1, -0.05) is 53.7 Å². The molecular weight excluding hydrogens is 384 g/mol. The van der Waals surface area contributed by atoms with Gasteiger partial charge in [-0.15, -0.1) is 11.8 Å². The first-order valence-corrected chi connectivity index (χ1v) is 10.5. The summed E-state index contributed by atoms with van der Waals surface area (Å²) in [6.45, 7) is 4.52. The molecule has 0 saturated heterocycles. The summed E-state index contributed by atoms with van der Waals surface area (Å²) in [4.78, 5) is 6.02. The molecule has 1 aromatic heterocycles. The molecule has 0 saturated carbocycles. The van der Waals surface area contributed by atoms with Crippen LogP contribution >= 0.6 is 11.8 Å². The fourth-order valence-electron chi connectivity index (χ4n) is 3.48. The third-order valence-electron chi connectivity index (χ3n) is 4.86. The average molecular weight is 409 g/mol. The summed E-state index contributed by atoms with van der Waals surface area (Å²) >= 11 is 1.72. The Kier molecular flexibility index (Phi) is 6.02. The molecule has 150 valence electrons. The first kappa shape index (κ1) is 19.7. The lowest BCUT2D eigenvalue weighted by Gasteiger charge is -2.17. The quantitative estimate of drug-likeness (QED) is 0.492. The average Bonchev–Trinajstić information content (AvgIpc) is 3.33. The fourth-order valence-corrected chi connectivity index (χ4v) is 4.47. The van der Waals surface area contributed by atoms with E-state index in [-0.39, 0.29) is 17.4 Å². The van der Waals surface area contributed by atoms with Crippen LogP contribution in [0.3, 0.4) is 0 Å². The molecule has 0 fully saturated rings. The standard InChI is InChI=1S/C23H24N2O3S/c1-15-20(21(28-25-15)16(2)29-18-12-8-5-9-13-18)23-24-19(14-26-3)22(27-23)17-10-6-4-7-11-17/h4-13,16,19,22H,14H2,1-3H3/t16-,19-,22-/m0/s1. The molecule has 0 radical (unpaired) electrons. The van der Waals surface area contributed by atoms with Gasteiger partial charge >= 0.3 is 0 Å². The van der Waals surface area contributed by atoms with E-state index < -0.39 is 0 Å². The molecule has 0 N–H and O–H groups in total. The van der Waals surface area contributed by atoms with Gasteiger partial charge in [0.05, 0.1) is 17.6 Å². The molecular formula is C23H24N2O3S. The van der Waals surface area contributed by atoms with Crippen molar-refractivity contribution in [3.8, 4) is 0 Å². The summed E-state index contributed by atoms with van der Waals surface area (Å²) in [6.07, 6.45) is -0.189. The Morgan fingerprint density at radius 2 is 1.76 bits per heavy atom. The van der Waals surface area contributed by atoms with Crippen LogP contribution in [0.5, 0.6) is 0 Å². The van der Waals surface area contributed by atoms with E-state index >= 15 is 0 Å². The van der Waals surface area contributed by atoms with Crippen molar-refractivity contribution < 1.29 is 14.0 Å². The number of nitrogens with zero attached hydrogens (tertiary/aromatic N) is 2. The van der Waals surface area contributed by atoms with Crippen LogP contribution in [0.15, 0.2) is 75.1 Å². The number of aromatic nitrogens is 1. The van der Waals surface area contributed by atoms with E-state index in [4.69, 9.17) is 19.0 Å². The predicted octanol–water partition coefficient (Wildman–Crippen LogP) is 5.37. The highest BCUT2D eigenvalue weighted by molar-refractivity contribution is 7.99. The highest BCUT2D eigenvalue weighted by Crippen LogP contribution is 2.39. The maximum absolute atomic E-state index is 6.34. The van der Waals surface area contributed by atoms with E-state index in [2.05, 4.69) is 36.3 Å². The zero-order valence-corrected chi connectivity index (χ0v) is 17.6. The molecule has 3 atom stereocenters. The third-order valence-corrected chi connectivity index (χ3v) is 5.98. The van der Waals surface area contributed by atoms with Crippen LogP contribution in [0.25, 0.3) is 0 Å². The topological polar surface area (TPSA) is 56.9 Å². The van der Waals surface area contributed by atoms with Crippen LogP contribution in [0.1, 0.15) is 40.9 Å². The van der Waals surface area contributed by atoms with Crippen molar-refractivity contribution in [2.45, 2.75) is 36.1 Å². The van der Waals surface area contributed by atoms with E-state index in [9.17, 15) is 0 Å².